The molecule has 2 N–H and O–H groups in total. The predicted molar refractivity (Wildman–Crippen MR) is 115 cm³/mol. The van der Waals surface area contributed by atoms with Crippen LogP contribution in [0.4, 0.5) is 0 Å². The number of methoxy groups -OCH3 is 1. The monoisotopic (exact) mass is 476 g/mol. The molecule has 2 amide bonds. The van der Waals surface area contributed by atoms with Gasteiger partial charge in [0.2, 0.25) is 0 Å². The van der Waals surface area contributed by atoms with E-state index in [0.29, 0.717) is 36.6 Å². The Morgan fingerprint density at radius 2 is 2.24 bits per heavy atom. The molecule has 4 rings (SSSR count). The van der Waals surface area contributed by atoms with Crippen molar-refractivity contribution in [1.29, 1.82) is 0 Å². The molecule has 3 heterocycles. The summed E-state index contributed by atoms with van der Waals surface area (Å²) < 4.78 is 7.22. The fraction of sp³-hybridized carbons (Fsp3) is 0.350. The molecule has 9 heteroatoms. The summed E-state index contributed by atoms with van der Waals surface area (Å²) in [5.41, 5.74) is 2.05. The molecule has 29 heavy (non-hydrogen) atoms. The van der Waals surface area contributed by atoms with E-state index in [1.807, 2.05) is 31.2 Å². The highest BCUT2D eigenvalue weighted by molar-refractivity contribution is 9.10. The number of amides is 2. The quantitative estimate of drug-likeness (QED) is 0.590. The summed E-state index contributed by atoms with van der Waals surface area (Å²) in [7, 11) is 1.60. The van der Waals surface area contributed by atoms with Crippen molar-refractivity contribution in [1.82, 2.24) is 20.4 Å². The Morgan fingerprint density at radius 1 is 1.41 bits per heavy atom. The van der Waals surface area contributed by atoms with Gasteiger partial charge in [-0.05, 0) is 36.6 Å². The number of aromatic amines is 1. The number of nitrogens with one attached hydrogen (secondary N) is 2. The van der Waals surface area contributed by atoms with E-state index in [-0.39, 0.29) is 17.9 Å². The number of fused-ring (bicyclic) bond motifs is 2. The third kappa shape index (κ3) is 4.08. The van der Waals surface area contributed by atoms with Gasteiger partial charge in [-0.1, -0.05) is 15.9 Å². The lowest BCUT2D eigenvalue weighted by molar-refractivity contribution is 0.0735. The summed E-state index contributed by atoms with van der Waals surface area (Å²) in [6.07, 6.45) is 0.562. The molecule has 1 unspecified atom stereocenters. The zero-order valence-corrected chi connectivity index (χ0v) is 18.5. The second-order valence-electron chi connectivity index (χ2n) is 7.06. The zero-order chi connectivity index (χ0) is 20.5. The molecule has 152 valence electrons. The van der Waals surface area contributed by atoms with Crippen molar-refractivity contribution in [2.45, 2.75) is 26.0 Å². The number of rotatable bonds is 5. The second kappa shape index (κ2) is 8.25. The van der Waals surface area contributed by atoms with Crippen LogP contribution in [0.3, 0.4) is 0 Å². The number of hydrogen-bond donors (Lipinski definition) is 2. The molecule has 0 radical (unpaired) electrons. The second-order valence-corrected chi connectivity index (χ2v) is 9.05. The highest BCUT2D eigenvalue weighted by Crippen LogP contribution is 2.30. The largest absolute Gasteiger partial charge is 0.380 e. The van der Waals surface area contributed by atoms with Gasteiger partial charge in [-0.15, -0.1) is 11.3 Å². The number of benzene rings is 1. The van der Waals surface area contributed by atoms with Crippen molar-refractivity contribution in [3.63, 3.8) is 0 Å². The number of thiophene rings is 1. The van der Waals surface area contributed by atoms with Gasteiger partial charge in [0.15, 0.2) is 5.69 Å². The van der Waals surface area contributed by atoms with Crippen LogP contribution in [-0.2, 0) is 17.7 Å². The lowest BCUT2D eigenvalue weighted by Crippen LogP contribution is -2.37. The Morgan fingerprint density at radius 3 is 3.03 bits per heavy atom. The number of aromatic nitrogens is 2. The number of carbonyl (C=O) groups excluding carboxylic acids is 2. The van der Waals surface area contributed by atoms with E-state index in [4.69, 9.17) is 4.74 Å². The van der Waals surface area contributed by atoms with Crippen molar-refractivity contribution in [2.75, 3.05) is 20.2 Å². The fourth-order valence-corrected chi connectivity index (χ4v) is 4.72. The number of nitrogens with zero attached hydrogens (tertiary/aromatic N) is 2. The van der Waals surface area contributed by atoms with Crippen LogP contribution in [-0.4, -0.2) is 53.2 Å². The van der Waals surface area contributed by atoms with Gasteiger partial charge in [-0.2, -0.15) is 5.10 Å². The van der Waals surface area contributed by atoms with E-state index in [1.54, 1.807) is 12.0 Å². The number of H-pyrrole nitrogens is 1. The van der Waals surface area contributed by atoms with Crippen molar-refractivity contribution >= 4 is 49.2 Å². The molecule has 0 saturated heterocycles. The van der Waals surface area contributed by atoms with Gasteiger partial charge in [0.1, 0.15) is 0 Å². The number of halogens is 1. The summed E-state index contributed by atoms with van der Waals surface area (Å²) in [4.78, 5) is 28.1. The third-order valence-corrected chi connectivity index (χ3v) is 6.67. The lowest BCUT2D eigenvalue weighted by Gasteiger charge is -2.26. The molecule has 0 fully saturated rings. The predicted octanol–water partition coefficient (Wildman–Crippen LogP) is 3.35. The van der Waals surface area contributed by atoms with Crippen LogP contribution in [0, 0.1) is 0 Å². The van der Waals surface area contributed by atoms with Crippen LogP contribution in [0.5, 0.6) is 0 Å². The van der Waals surface area contributed by atoms with E-state index in [0.717, 1.165) is 25.8 Å². The molecule has 1 atom stereocenters. The van der Waals surface area contributed by atoms with Crippen LogP contribution in [0.1, 0.15) is 38.3 Å². The van der Waals surface area contributed by atoms with Crippen LogP contribution in [0.15, 0.2) is 28.7 Å². The van der Waals surface area contributed by atoms with Crippen LogP contribution >= 0.6 is 27.3 Å². The van der Waals surface area contributed by atoms with Crippen molar-refractivity contribution in [3.8, 4) is 0 Å². The molecule has 7 nitrogen and oxygen atoms in total. The molecule has 1 aliphatic rings. The highest BCUT2D eigenvalue weighted by atomic mass is 79.9. The first-order valence-corrected chi connectivity index (χ1v) is 10.9. The Hall–Kier alpha value is -2.23. The molecular formula is C20H21BrN4O3S. The lowest BCUT2D eigenvalue weighted by atomic mass is 10.0. The van der Waals surface area contributed by atoms with Gasteiger partial charge >= 0.3 is 0 Å². The van der Waals surface area contributed by atoms with Gasteiger partial charge in [-0.25, -0.2) is 0 Å². The Bertz CT molecular complexity index is 1080. The molecule has 1 aliphatic heterocycles. The normalized spacial score (nSPS) is 14.7. The van der Waals surface area contributed by atoms with Crippen molar-refractivity contribution < 1.29 is 14.3 Å². The van der Waals surface area contributed by atoms with Crippen molar-refractivity contribution in [2.24, 2.45) is 0 Å². The van der Waals surface area contributed by atoms with E-state index in [2.05, 4.69) is 31.4 Å². The maximum atomic E-state index is 13.1. The standard InChI is InChI=1S/C20H21BrN4O3S/c1-11(28-2)9-22-19(26)18-14-10-25(6-5-15(14)23-24-18)20(27)17-8-12-7-13(21)3-4-16(12)29-17/h3-4,7-8,11H,5-6,9-10H2,1-2H3,(H,22,26)(H,23,24). The molecule has 0 aliphatic carbocycles. The van der Waals surface area contributed by atoms with E-state index >= 15 is 0 Å². The molecule has 0 bridgehead atoms. The molecule has 2 aromatic heterocycles. The fourth-order valence-electron chi connectivity index (χ4n) is 3.34. The summed E-state index contributed by atoms with van der Waals surface area (Å²) in [5.74, 6) is -0.277. The molecule has 0 saturated carbocycles. The van der Waals surface area contributed by atoms with Gasteiger partial charge < -0.3 is 15.0 Å². The Balaban J connectivity index is 1.52. The third-order valence-electron chi connectivity index (χ3n) is 5.08. The summed E-state index contributed by atoms with van der Waals surface area (Å²) in [5, 5.41) is 11.0. The summed E-state index contributed by atoms with van der Waals surface area (Å²) >= 11 is 4.96. The topological polar surface area (TPSA) is 87.3 Å². The molecule has 1 aromatic carbocycles. The summed E-state index contributed by atoms with van der Waals surface area (Å²) in [6.45, 7) is 3.24. The number of ether oxygens (including phenoxy) is 1. The number of carbonyl (C=O) groups is 2. The average Bonchev–Trinajstić information content (AvgIpc) is 3.34. The summed E-state index contributed by atoms with van der Waals surface area (Å²) in [6, 6.07) is 7.92. The minimum atomic E-state index is -0.257. The van der Waals surface area contributed by atoms with E-state index < -0.39 is 0 Å². The van der Waals surface area contributed by atoms with Gasteiger partial charge in [-0.3, -0.25) is 14.7 Å². The Kier molecular flexibility index (Phi) is 5.71. The van der Waals surface area contributed by atoms with E-state index in [9.17, 15) is 9.59 Å². The number of hydrogen-bond acceptors (Lipinski definition) is 5. The first-order valence-electron chi connectivity index (χ1n) is 9.31. The van der Waals surface area contributed by atoms with E-state index in [1.165, 1.54) is 11.3 Å². The molecule has 0 spiro atoms. The van der Waals surface area contributed by atoms with Crippen LogP contribution in [0.25, 0.3) is 10.1 Å². The first-order chi connectivity index (χ1) is 14.0. The molecule has 3 aromatic rings. The van der Waals surface area contributed by atoms with Crippen LogP contribution in [0.2, 0.25) is 0 Å². The van der Waals surface area contributed by atoms with Gasteiger partial charge in [0.25, 0.3) is 11.8 Å². The maximum absolute atomic E-state index is 13.1. The minimum Gasteiger partial charge on any atom is -0.380 e. The first kappa shape index (κ1) is 20.1. The Labute approximate surface area is 180 Å². The van der Waals surface area contributed by atoms with Crippen LogP contribution < -0.4 is 5.32 Å². The van der Waals surface area contributed by atoms with Gasteiger partial charge in [0.05, 0.1) is 17.5 Å². The average molecular weight is 477 g/mol. The maximum Gasteiger partial charge on any atom is 0.272 e. The minimum absolute atomic E-state index is 0.0199. The highest BCUT2D eigenvalue weighted by Gasteiger charge is 2.29. The zero-order valence-electron chi connectivity index (χ0n) is 16.1. The SMILES string of the molecule is COC(C)CNC(=O)c1n[nH]c2c1CN(C(=O)c1cc3cc(Br)ccc3s1)CC2. The smallest absolute Gasteiger partial charge is 0.272 e. The van der Waals surface area contributed by atoms with Crippen molar-refractivity contribution in [3.05, 3.63) is 50.6 Å². The van der Waals surface area contributed by atoms with Gasteiger partial charge in [0, 0.05) is 47.1 Å². The molecular weight excluding hydrogens is 456 g/mol.